The van der Waals surface area contributed by atoms with Crippen molar-refractivity contribution < 1.29 is 28.6 Å². The van der Waals surface area contributed by atoms with Gasteiger partial charge in [-0.25, -0.2) is 0 Å². The normalized spacial score (nSPS) is 12.8. The average molecular weight is 1020 g/mol. The van der Waals surface area contributed by atoms with Gasteiger partial charge >= 0.3 is 17.9 Å². The Labute approximate surface area is 451 Å². The third-order valence-corrected chi connectivity index (χ3v) is 13.1. The lowest BCUT2D eigenvalue weighted by Crippen LogP contribution is -2.30. The van der Waals surface area contributed by atoms with Gasteiger partial charge in [0, 0.05) is 19.3 Å². The van der Waals surface area contributed by atoms with Gasteiger partial charge in [-0.15, -0.1) is 0 Å². The van der Waals surface area contributed by atoms with Crippen molar-refractivity contribution in [3.8, 4) is 0 Å². The minimum absolute atomic E-state index is 0.0791. The molecule has 0 rings (SSSR count). The van der Waals surface area contributed by atoms with Crippen molar-refractivity contribution in [1.82, 2.24) is 0 Å². The fourth-order valence-electron chi connectivity index (χ4n) is 8.54. The molecule has 0 amide bonds. The number of ether oxygens (including phenoxy) is 3. The molecule has 0 aromatic rings. The van der Waals surface area contributed by atoms with Crippen LogP contribution < -0.4 is 0 Å². The SMILES string of the molecule is CC/C=C\C/C=C\C/C=C\C/C=C\CCCCCCCCCCCCCCC(=O)OCC(COC(=O)CCCCCCCCCCC)OC(=O)CCCCCCCCCC/C=C\C/C=C\C/C=C\C/C=C\CC. The van der Waals surface area contributed by atoms with Crippen LogP contribution in [-0.4, -0.2) is 37.2 Å². The van der Waals surface area contributed by atoms with Crippen molar-refractivity contribution in [3.63, 3.8) is 0 Å². The third kappa shape index (κ3) is 59.1. The fourth-order valence-corrected chi connectivity index (χ4v) is 8.54. The maximum atomic E-state index is 12.9. The van der Waals surface area contributed by atoms with E-state index in [1.165, 1.54) is 135 Å². The molecule has 6 heteroatoms. The standard InChI is InChI=1S/C67H114O6/c1-4-7-10-13-16-19-21-23-25-27-29-31-32-33-34-36-37-39-41-43-45-48-51-54-57-60-66(69)72-63-64(62-71-65(68)59-56-53-50-47-18-15-12-9-6-3)73-67(70)61-58-55-52-49-46-44-42-40-38-35-30-28-26-24-22-20-17-14-11-8-5-2/h7-8,10-11,16-17,19-20,23-26,29-31,35,64H,4-6,9,12-15,18,21-22,27-28,32-34,36-63H2,1-3H3/b10-7-,11-8-,19-16-,20-17-,25-23-,26-24-,31-29-,35-30-. The van der Waals surface area contributed by atoms with Gasteiger partial charge in [0.15, 0.2) is 6.10 Å². The zero-order valence-corrected chi connectivity index (χ0v) is 47.9. The number of hydrogen-bond acceptors (Lipinski definition) is 6. The summed E-state index contributed by atoms with van der Waals surface area (Å²) >= 11 is 0. The summed E-state index contributed by atoms with van der Waals surface area (Å²) in [5, 5.41) is 0. The van der Waals surface area contributed by atoms with E-state index in [0.29, 0.717) is 19.3 Å². The highest BCUT2D eigenvalue weighted by atomic mass is 16.6. The maximum absolute atomic E-state index is 12.9. The summed E-state index contributed by atoms with van der Waals surface area (Å²) in [6.07, 6.45) is 81.3. The van der Waals surface area contributed by atoms with E-state index in [-0.39, 0.29) is 31.1 Å². The fraction of sp³-hybridized carbons (Fsp3) is 0.716. The van der Waals surface area contributed by atoms with Crippen LogP contribution in [0.4, 0.5) is 0 Å². The molecule has 0 radical (unpaired) electrons. The second kappa shape index (κ2) is 60.9. The van der Waals surface area contributed by atoms with E-state index in [1.54, 1.807) is 0 Å². The largest absolute Gasteiger partial charge is 0.462 e. The lowest BCUT2D eigenvalue weighted by atomic mass is 10.0. The lowest BCUT2D eigenvalue weighted by Gasteiger charge is -2.18. The van der Waals surface area contributed by atoms with E-state index in [2.05, 4.69) is 118 Å². The first-order chi connectivity index (χ1) is 36.0. The lowest BCUT2D eigenvalue weighted by molar-refractivity contribution is -0.167. The molecule has 0 heterocycles. The first-order valence-corrected chi connectivity index (χ1v) is 30.7. The summed E-state index contributed by atoms with van der Waals surface area (Å²) in [5.41, 5.74) is 0. The van der Waals surface area contributed by atoms with Crippen LogP contribution >= 0.6 is 0 Å². The van der Waals surface area contributed by atoms with Crippen LogP contribution in [0.5, 0.6) is 0 Å². The molecule has 418 valence electrons. The Morgan fingerprint density at radius 3 is 0.836 bits per heavy atom. The van der Waals surface area contributed by atoms with Crippen LogP contribution in [0.1, 0.15) is 290 Å². The van der Waals surface area contributed by atoms with E-state index in [4.69, 9.17) is 14.2 Å². The van der Waals surface area contributed by atoms with Crippen LogP contribution in [0, 0.1) is 0 Å². The predicted octanol–water partition coefficient (Wildman–Crippen LogP) is 20.9. The van der Waals surface area contributed by atoms with E-state index in [1.807, 2.05) is 0 Å². The number of rotatable bonds is 55. The van der Waals surface area contributed by atoms with Gasteiger partial charge < -0.3 is 14.2 Å². The first kappa shape index (κ1) is 69.3. The molecule has 0 fully saturated rings. The van der Waals surface area contributed by atoms with Gasteiger partial charge in [-0.3, -0.25) is 14.4 Å². The van der Waals surface area contributed by atoms with E-state index in [9.17, 15) is 14.4 Å². The van der Waals surface area contributed by atoms with Gasteiger partial charge in [0.1, 0.15) is 13.2 Å². The summed E-state index contributed by atoms with van der Waals surface area (Å²) in [6.45, 7) is 6.41. The van der Waals surface area contributed by atoms with Crippen molar-refractivity contribution in [2.24, 2.45) is 0 Å². The van der Waals surface area contributed by atoms with Crippen molar-refractivity contribution in [2.45, 2.75) is 297 Å². The number of unbranched alkanes of at least 4 members (excludes halogenated alkanes) is 28. The Morgan fingerprint density at radius 2 is 0.534 bits per heavy atom. The molecule has 1 unspecified atom stereocenters. The van der Waals surface area contributed by atoms with Crippen LogP contribution in [-0.2, 0) is 28.6 Å². The van der Waals surface area contributed by atoms with Crippen LogP contribution in [0.2, 0.25) is 0 Å². The molecule has 0 aliphatic carbocycles. The van der Waals surface area contributed by atoms with Crippen molar-refractivity contribution in [3.05, 3.63) is 97.2 Å². The number of esters is 3. The predicted molar refractivity (Wildman–Crippen MR) is 316 cm³/mol. The number of allylic oxidation sites excluding steroid dienone is 16. The molecule has 73 heavy (non-hydrogen) atoms. The van der Waals surface area contributed by atoms with Gasteiger partial charge in [0.2, 0.25) is 0 Å². The number of hydrogen-bond donors (Lipinski definition) is 0. The molecular formula is C67H114O6. The molecule has 0 aromatic carbocycles. The quantitative estimate of drug-likeness (QED) is 0.0261. The highest BCUT2D eigenvalue weighted by molar-refractivity contribution is 5.71. The highest BCUT2D eigenvalue weighted by Gasteiger charge is 2.19. The molecule has 0 saturated carbocycles. The first-order valence-electron chi connectivity index (χ1n) is 30.7. The Kier molecular flexibility index (Phi) is 57.8. The van der Waals surface area contributed by atoms with Crippen LogP contribution in [0.25, 0.3) is 0 Å². The van der Waals surface area contributed by atoms with E-state index in [0.717, 1.165) is 116 Å². The molecular weight excluding hydrogens is 901 g/mol. The Bertz CT molecular complexity index is 1440. The molecule has 0 spiro atoms. The van der Waals surface area contributed by atoms with Gasteiger partial charge in [-0.05, 0) is 96.3 Å². The second-order valence-electron chi connectivity index (χ2n) is 20.2. The summed E-state index contributed by atoms with van der Waals surface area (Å²) in [4.78, 5) is 38.2. The summed E-state index contributed by atoms with van der Waals surface area (Å²) in [5.74, 6) is -0.884. The van der Waals surface area contributed by atoms with Crippen molar-refractivity contribution in [1.29, 1.82) is 0 Å². The van der Waals surface area contributed by atoms with Gasteiger partial charge in [-0.1, -0.05) is 272 Å². The van der Waals surface area contributed by atoms with Gasteiger partial charge in [-0.2, -0.15) is 0 Å². The number of carbonyl (C=O) groups is 3. The minimum Gasteiger partial charge on any atom is -0.462 e. The molecule has 1 atom stereocenters. The third-order valence-electron chi connectivity index (χ3n) is 13.1. The molecule has 0 aliphatic rings. The summed E-state index contributed by atoms with van der Waals surface area (Å²) in [7, 11) is 0. The average Bonchev–Trinajstić information content (AvgIpc) is 3.39. The Morgan fingerprint density at radius 1 is 0.288 bits per heavy atom. The van der Waals surface area contributed by atoms with Crippen LogP contribution in [0.3, 0.4) is 0 Å². The topological polar surface area (TPSA) is 78.9 Å². The van der Waals surface area contributed by atoms with E-state index >= 15 is 0 Å². The zero-order chi connectivity index (χ0) is 52.9. The molecule has 0 aliphatic heterocycles. The van der Waals surface area contributed by atoms with Crippen molar-refractivity contribution >= 4 is 17.9 Å². The maximum Gasteiger partial charge on any atom is 0.306 e. The molecule has 0 aromatic heterocycles. The van der Waals surface area contributed by atoms with Crippen molar-refractivity contribution in [2.75, 3.05) is 13.2 Å². The number of carbonyl (C=O) groups excluding carboxylic acids is 3. The zero-order valence-electron chi connectivity index (χ0n) is 47.9. The second-order valence-corrected chi connectivity index (χ2v) is 20.2. The minimum atomic E-state index is -0.781. The highest BCUT2D eigenvalue weighted by Crippen LogP contribution is 2.16. The molecule has 0 bridgehead atoms. The van der Waals surface area contributed by atoms with Gasteiger partial charge in [0.05, 0.1) is 0 Å². The molecule has 0 saturated heterocycles. The smallest absolute Gasteiger partial charge is 0.306 e. The van der Waals surface area contributed by atoms with Crippen LogP contribution in [0.15, 0.2) is 97.2 Å². The molecule has 0 N–H and O–H groups in total. The Balaban J connectivity index is 4.24. The van der Waals surface area contributed by atoms with Gasteiger partial charge in [0.25, 0.3) is 0 Å². The van der Waals surface area contributed by atoms with E-state index < -0.39 is 6.10 Å². The Hall–Kier alpha value is -3.67. The summed E-state index contributed by atoms with van der Waals surface area (Å²) < 4.78 is 16.9. The molecule has 6 nitrogen and oxygen atoms in total. The summed E-state index contributed by atoms with van der Waals surface area (Å²) in [6, 6.07) is 0. The monoisotopic (exact) mass is 1010 g/mol.